The Morgan fingerprint density at radius 2 is 1.65 bits per heavy atom. The Morgan fingerprint density at radius 1 is 1.00 bits per heavy atom. The Balaban J connectivity index is 1.34. The quantitative estimate of drug-likeness (QED) is 0.324. The highest BCUT2D eigenvalue weighted by Crippen LogP contribution is 2.37. The number of anilines is 2. The summed E-state index contributed by atoms with van der Waals surface area (Å²) < 4.78 is 44.7. The van der Waals surface area contributed by atoms with Crippen LogP contribution in [-0.4, -0.2) is 31.1 Å². The smallest absolute Gasteiger partial charge is 0.439 e. The van der Waals surface area contributed by atoms with Crippen LogP contribution in [0.15, 0.2) is 78.2 Å². The molecule has 34 heavy (non-hydrogen) atoms. The standard InChI is InChI=1S/C22H17F3N6O2S/c1-14-27-19(31-11-10-26-13-31)12-20(28-14)33-17-6-2-15(3-7-17)29-21(32)30-16-4-8-18(9-5-16)34-22(23,24)25/h2-13H,1H3,(H2,29,30,32). The Labute approximate surface area is 196 Å². The molecule has 2 amide bonds. The number of imidazole rings is 1. The van der Waals surface area contributed by atoms with Crippen LogP contribution < -0.4 is 15.4 Å². The van der Waals surface area contributed by atoms with Gasteiger partial charge in [-0.1, -0.05) is 0 Å². The van der Waals surface area contributed by atoms with Crippen molar-refractivity contribution in [2.45, 2.75) is 17.3 Å². The molecule has 0 aliphatic heterocycles. The van der Waals surface area contributed by atoms with Crippen molar-refractivity contribution in [3.8, 4) is 17.4 Å². The van der Waals surface area contributed by atoms with Crippen LogP contribution in [0.4, 0.5) is 29.3 Å². The summed E-state index contributed by atoms with van der Waals surface area (Å²) in [5, 5.41) is 5.21. The topological polar surface area (TPSA) is 94.0 Å². The van der Waals surface area contributed by atoms with Gasteiger partial charge in [0.2, 0.25) is 5.88 Å². The van der Waals surface area contributed by atoms with Crippen molar-refractivity contribution in [3.05, 3.63) is 79.1 Å². The number of urea groups is 1. The van der Waals surface area contributed by atoms with E-state index >= 15 is 0 Å². The van der Waals surface area contributed by atoms with Gasteiger partial charge in [0.15, 0.2) is 0 Å². The van der Waals surface area contributed by atoms with Crippen LogP contribution in [0.3, 0.4) is 0 Å². The third kappa shape index (κ3) is 6.48. The summed E-state index contributed by atoms with van der Waals surface area (Å²) in [5.74, 6) is 1.99. The van der Waals surface area contributed by atoms with E-state index in [-0.39, 0.29) is 16.7 Å². The largest absolute Gasteiger partial charge is 0.446 e. The molecule has 0 saturated carbocycles. The molecule has 0 fully saturated rings. The van der Waals surface area contributed by atoms with E-state index in [9.17, 15) is 18.0 Å². The summed E-state index contributed by atoms with van der Waals surface area (Å²) in [4.78, 5) is 24.8. The van der Waals surface area contributed by atoms with Gasteiger partial charge in [-0.25, -0.2) is 14.8 Å². The Kier molecular flexibility index (Phi) is 6.68. The first-order valence-corrected chi connectivity index (χ1v) is 10.6. The number of carbonyl (C=O) groups excluding carboxylic acids is 1. The summed E-state index contributed by atoms with van der Waals surface area (Å²) in [6.45, 7) is 1.75. The number of nitrogens with one attached hydrogen (secondary N) is 2. The molecule has 2 aromatic heterocycles. The van der Waals surface area contributed by atoms with Crippen LogP contribution in [0, 0.1) is 6.92 Å². The lowest BCUT2D eigenvalue weighted by Gasteiger charge is -2.10. The molecule has 8 nitrogen and oxygen atoms in total. The van der Waals surface area contributed by atoms with Crippen molar-refractivity contribution in [1.29, 1.82) is 0 Å². The van der Waals surface area contributed by atoms with Gasteiger partial charge in [0, 0.05) is 34.7 Å². The molecule has 0 saturated heterocycles. The van der Waals surface area contributed by atoms with E-state index in [2.05, 4.69) is 25.6 Å². The highest BCUT2D eigenvalue weighted by Gasteiger charge is 2.29. The summed E-state index contributed by atoms with van der Waals surface area (Å²) in [6.07, 6.45) is 5.02. The van der Waals surface area contributed by atoms with Crippen molar-refractivity contribution in [2.24, 2.45) is 0 Å². The number of amides is 2. The number of aryl methyl sites for hydroxylation is 1. The molecule has 2 N–H and O–H groups in total. The number of rotatable bonds is 6. The molecule has 0 atom stereocenters. The zero-order valence-electron chi connectivity index (χ0n) is 17.6. The first-order chi connectivity index (χ1) is 16.2. The molecule has 4 aromatic rings. The fourth-order valence-corrected chi connectivity index (χ4v) is 3.40. The molecule has 12 heteroatoms. The van der Waals surface area contributed by atoms with E-state index in [4.69, 9.17) is 4.74 Å². The number of ether oxygens (including phenoxy) is 1. The van der Waals surface area contributed by atoms with Crippen molar-refractivity contribution in [1.82, 2.24) is 19.5 Å². The van der Waals surface area contributed by atoms with Gasteiger partial charge in [-0.05, 0) is 67.2 Å². The minimum absolute atomic E-state index is 0.0325. The van der Waals surface area contributed by atoms with Gasteiger partial charge in [0.05, 0.1) is 0 Å². The van der Waals surface area contributed by atoms with Gasteiger partial charge in [0.1, 0.15) is 23.7 Å². The number of aromatic nitrogens is 4. The maximum absolute atomic E-state index is 12.4. The Hall–Kier alpha value is -4.06. The van der Waals surface area contributed by atoms with Crippen LogP contribution in [0.1, 0.15) is 5.82 Å². The lowest BCUT2D eigenvalue weighted by Crippen LogP contribution is -2.19. The van der Waals surface area contributed by atoms with Gasteiger partial charge in [-0.2, -0.15) is 18.2 Å². The second-order valence-electron chi connectivity index (χ2n) is 6.86. The molecule has 0 unspecified atom stereocenters. The molecule has 0 aliphatic rings. The summed E-state index contributed by atoms with van der Waals surface area (Å²) >= 11 is -0.219. The van der Waals surface area contributed by atoms with Crippen LogP contribution in [-0.2, 0) is 0 Å². The maximum atomic E-state index is 12.4. The number of alkyl halides is 3. The van der Waals surface area contributed by atoms with Crippen LogP contribution in [0.5, 0.6) is 11.6 Å². The second-order valence-corrected chi connectivity index (χ2v) is 8.00. The van der Waals surface area contributed by atoms with E-state index in [0.717, 1.165) is 0 Å². The lowest BCUT2D eigenvalue weighted by molar-refractivity contribution is -0.0328. The van der Waals surface area contributed by atoms with Gasteiger partial charge in [-0.15, -0.1) is 0 Å². The molecule has 0 spiro atoms. The van der Waals surface area contributed by atoms with Crippen molar-refractivity contribution in [3.63, 3.8) is 0 Å². The molecular formula is C22H17F3N6O2S. The minimum atomic E-state index is -4.36. The number of nitrogens with zero attached hydrogens (tertiary/aromatic N) is 4. The number of benzene rings is 2. The first kappa shape index (κ1) is 23.1. The maximum Gasteiger partial charge on any atom is 0.446 e. The monoisotopic (exact) mass is 486 g/mol. The van der Waals surface area contributed by atoms with Crippen molar-refractivity contribution < 1.29 is 22.7 Å². The fraction of sp³-hybridized carbons (Fsp3) is 0.0909. The minimum Gasteiger partial charge on any atom is -0.439 e. The molecule has 174 valence electrons. The van der Waals surface area contributed by atoms with Gasteiger partial charge in [-0.3, -0.25) is 4.57 Å². The predicted molar refractivity (Wildman–Crippen MR) is 121 cm³/mol. The van der Waals surface area contributed by atoms with Crippen LogP contribution in [0.25, 0.3) is 5.82 Å². The molecule has 4 rings (SSSR count). The molecule has 0 bridgehead atoms. The second kappa shape index (κ2) is 9.83. The van der Waals surface area contributed by atoms with Crippen molar-refractivity contribution >= 4 is 29.2 Å². The number of thioether (sulfide) groups is 1. The molecule has 2 aromatic carbocycles. The number of hydrogen-bond acceptors (Lipinski definition) is 6. The zero-order chi connectivity index (χ0) is 24.1. The van der Waals surface area contributed by atoms with Crippen molar-refractivity contribution in [2.75, 3.05) is 10.6 Å². The van der Waals surface area contributed by atoms with E-state index in [1.165, 1.54) is 24.3 Å². The van der Waals surface area contributed by atoms with Gasteiger partial charge < -0.3 is 15.4 Å². The first-order valence-electron chi connectivity index (χ1n) is 9.79. The molecule has 2 heterocycles. The number of carbonyl (C=O) groups is 1. The van der Waals surface area contributed by atoms with E-state index in [1.54, 1.807) is 60.5 Å². The van der Waals surface area contributed by atoms with Crippen LogP contribution in [0.2, 0.25) is 0 Å². The Bertz CT molecular complexity index is 1260. The van der Waals surface area contributed by atoms with Gasteiger partial charge in [0.25, 0.3) is 0 Å². The van der Waals surface area contributed by atoms with Crippen LogP contribution >= 0.6 is 11.8 Å². The highest BCUT2D eigenvalue weighted by molar-refractivity contribution is 8.00. The average molecular weight is 486 g/mol. The molecule has 0 radical (unpaired) electrons. The lowest BCUT2D eigenvalue weighted by atomic mass is 10.3. The third-order valence-electron chi connectivity index (χ3n) is 4.25. The summed E-state index contributed by atoms with van der Waals surface area (Å²) in [7, 11) is 0. The summed E-state index contributed by atoms with van der Waals surface area (Å²) in [6, 6.07) is 13.1. The molecule has 0 aliphatic carbocycles. The highest BCUT2D eigenvalue weighted by atomic mass is 32.2. The third-order valence-corrected chi connectivity index (χ3v) is 4.99. The normalized spacial score (nSPS) is 11.2. The number of hydrogen-bond donors (Lipinski definition) is 2. The SMILES string of the molecule is Cc1nc(Oc2ccc(NC(=O)Nc3ccc(SC(F)(F)F)cc3)cc2)cc(-n2ccnc2)n1. The fourth-order valence-electron chi connectivity index (χ4n) is 2.86. The molecular weight excluding hydrogens is 469 g/mol. The number of halogens is 3. The van der Waals surface area contributed by atoms with E-state index < -0.39 is 11.5 Å². The van der Waals surface area contributed by atoms with E-state index in [0.29, 0.717) is 34.6 Å². The average Bonchev–Trinajstić information content (AvgIpc) is 3.30. The van der Waals surface area contributed by atoms with E-state index in [1.807, 2.05) is 0 Å². The Morgan fingerprint density at radius 3 is 2.24 bits per heavy atom. The zero-order valence-corrected chi connectivity index (χ0v) is 18.4. The summed E-state index contributed by atoms with van der Waals surface area (Å²) in [5.41, 5.74) is -3.51. The predicted octanol–water partition coefficient (Wildman–Crippen LogP) is 6.02. The van der Waals surface area contributed by atoms with Gasteiger partial charge >= 0.3 is 11.5 Å².